The van der Waals surface area contributed by atoms with Crippen LogP contribution in [-0.2, 0) is 6.54 Å². The number of hydrogen-bond donors (Lipinski definition) is 1. The van der Waals surface area contributed by atoms with Crippen LogP contribution in [0, 0.1) is 0 Å². The number of aromatic nitrogens is 2. The number of pyridine rings is 1. The van der Waals surface area contributed by atoms with Crippen molar-refractivity contribution in [2.75, 3.05) is 26.2 Å². The summed E-state index contributed by atoms with van der Waals surface area (Å²) >= 11 is 1.70. The molecule has 4 nitrogen and oxygen atoms in total. The Kier molecular flexibility index (Phi) is 7.40. The summed E-state index contributed by atoms with van der Waals surface area (Å²) in [5.74, 6) is 0. The molecule has 0 spiro atoms. The fraction of sp³-hybridized carbons (Fsp3) is 0.385. The molecule has 0 saturated carbocycles. The number of nitrogens with zero attached hydrogens (tertiary/aromatic N) is 3. The molecule has 1 aliphatic rings. The third kappa shape index (κ3) is 4.40. The fourth-order valence-corrected chi connectivity index (χ4v) is 2.90. The molecule has 0 bridgehead atoms. The Morgan fingerprint density at radius 3 is 2.75 bits per heavy atom. The minimum absolute atomic E-state index is 0. The maximum Gasteiger partial charge on any atom is 0.125 e. The molecular formula is C13H18Cl2N4S. The highest BCUT2D eigenvalue weighted by Gasteiger charge is 2.12. The Morgan fingerprint density at radius 1 is 1.25 bits per heavy atom. The van der Waals surface area contributed by atoms with E-state index in [4.69, 9.17) is 4.98 Å². The van der Waals surface area contributed by atoms with Gasteiger partial charge in [-0.25, -0.2) is 4.98 Å². The van der Waals surface area contributed by atoms with E-state index in [9.17, 15) is 0 Å². The van der Waals surface area contributed by atoms with Gasteiger partial charge in [-0.1, -0.05) is 0 Å². The second-order valence-electron chi connectivity index (χ2n) is 4.41. The molecule has 1 saturated heterocycles. The van der Waals surface area contributed by atoms with E-state index in [-0.39, 0.29) is 24.8 Å². The van der Waals surface area contributed by atoms with Gasteiger partial charge < -0.3 is 5.32 Å². The summed E-state index contributed by atoms with van der Waals surface area (Å²) in [6.07, 6.45) is 3.66. The minimum Gasteiger partial charge on any atom is -0.314 e. The standard InChI is InChI=1S/C13H16N4S.2ClH/c1-2-11(8-15-3-1)13-16-12(10-18-13)9-17-6-4-14-5-7-17;;/h1-3,8,10,14H,4-7,9H2;2*1H. The van der Waals surface area contributed by atoms with Gasteiger partial charge in [0.2, 0.25) is 0 Å². The fourth-order valence-electron chi connectivity index (χ4n) is 2.10. The zero-order valence-corrected chi connectivity index (χ0v) is 13.4. The molecule has 1 N–H and O–H groups in total. The summed E-state index contributed by atoms with van der Waals surface area (Å²) in [5, 5.41) is 6.58. The summed E-state index contributed by atoms with van der Waals surface area (Å²) in [4.78, 5) is 11.3. The lowest BCUT2D eigenvalue weighted by Crippen LogP contribution is -2.42. The van der Waals surface area contributed by atoms with Gasteiger partial charge in [0, 0.05) is 56.1 Å². The molecule has 0 amide bonds. The van der Waals surface area contributed by atoms with Gasteiger partial charge in [0.15, 0.2) is 0 Å². The van der Waals surface area contributed by atoms with E-state index >= 15 is 0 Å². The van der Waals surface area contributed by atoms with Crippen molar-refractivity contribution < 1.29 is 0 Å². The van der Waals surface area contributed by atoms with Gasteiger partial charge in [0.25, 0.3) is 0 Å². The molecule has 3 heterocycles. The molecule has 0 radical (unpaired) electrons. The van der Waals surface area contributed by atoms with Crippen LogP contribution >= 0.6 is 36.2 Å². The van der Waals surface area contributed by atoms with E-state index in [1.807, 2.05) is 12.3 Å². The first-order valence-electron chi connectivity index (χ1n) is 6.20. The molecule has 1 aliphatic heterocycles. The molecule has 110 valence electrons. The average molecular weight is 333 g/mol. The van der Waals surface area contributed by atoms with Gasteiger partial charge >= 0.3 is 0 Å². The second-order valence-corrected chi connectivity index (χ2v) is 5.27. The normalized spacial score (nSPS) is 15.2. The monoisotopic (exact) mass is 332 g/mol. The summed E-state index contributed by atoms with van der Waals surface area (Å²) in [6.45, 7) is 5.34. The van der Waals surface area contributed by atoms with Crippen LogP contribution in [0.1, 0.15) is 5.69 Å². The van der Waals surface area contributed by atoms with Crippen LogP contribution in [0.15, 0.2) is 29.9 Å². The van der Waals surface area contributed by atoms with Gasteiger partial charge in [-0.15, -0.1) is 36.2 Å². The Morgan fingerprint density at radius 2 is 2.05 bits per heavy atom. The molecule has 1 fully saturated rings. The zero-order valence-electron chi connectivity index (χ0n) is 11.0. The first kappa shape index (κ1) is 17.3. The lowest BCUT2D eigenvalue weighted by Gasteiger charge is -2.26. The second kappa shape index (κ2) is 8.54. The third-order valence-corrected chi connectivity index (χ3v) is 4.00. The highest BCUT2D eigenvalue weighted by molar-refractivity contribution is 7.13. The summed E-state index contributed by atoms with van der Waals surface area (Å²) in [5.41, 5.74) is 2.27. The molecule has 7 heteroatoms. The van der Waals surface area contributed by atoms with E-state index in [1.165, 1.54) is 5.69 Å². The van der Waals surface area contributed by atoms with Gasteiger partial charge in [-0.3, -0.25) is 9.88 Å². The van der Waals surface area contributed by atoms with Crippen molar-refractivity contribution in [1.82, 2.24) is 20.2 Å². The largest absolute Gasteiger partial charge is 0.314 e. The number of thiazole rings is 1. The van der Waals surface area contributed by atoms with Gasteiger partial charge in [0.1, 0.15) is 5.01 Å². The summed E-state index contributed by atoms with van der Waals surface area (Å²) in [7, 11) is 0. The van der Waals surface area contributed by atoms with E-state index in [2.05, 4.69) is 26.6 Å². The van der Waals surface area contributed by atoms with E-state index in [0.29, 0.717) is 0 Å². The van der Waals surface area contributed by atoms with Crippen LogP contribution in [0.25, 0.3) is 10.6 Å². The molecule has 0 atom stereocenters. The number of hydrogen-bond acceptors (Lipinski definition) is 5. The number of rotatable bonds is 3. The Labute approximate surface area is 135 Å². The average Bonchev–Trinajstić information content (AvgIpc) is 2.89. The van der Waals surface area contributed by atoms with Crippen LogP contribution in [-0.4, -0.2) is 41.0 Å². The quantitative estimate of drug-likeness (QED) is 0.937. The molecular weight excluding hydrogens is 315 g/mol. The first-order chi connectivity index (χ1) is 8.92. The van der Waals surface area contributed by atoms with Crippen LogP contribution in [0.3, 0.4) is 0 Å². The maximum atomic E-state index is 4.69. The lowest BCUT2D eigenvalue weighted by atomic mass is 10.3. The van der Waals surface area contributed by atoms with Crippen LogP contribution < -0.4 is 5.32 Å². The number of nitrogens with one attached hydrogen (secondary N) is 1. The Hall–Kier alpha value is -0.720. The highest BCUT2D eigenvalue weighted by atomic mass is 35.5. The van der Waals surface area contributed by atoms with Crippen molar-refractivity contribution in [3.63, 3.8) is 0 Å². The zero-order chi connectivity index (χ0) is 12.2. The summed E-state index contributed by atoms with van der Waals surface area (Å²) in [6, 6.07) is 4.01. The van der Waals surface area contributed by atoms with E-state index in [1.54, 1.807) is 17.5 Å². The molecule has 3 rings (SSSR count). The number of halogens is 2. The van der Waals surface area contributed by atoms with E-state index < -0.39 is 0 Å². The van der Waals surface area contributed by atoms with Gasteiger partial charge in [-0.05, 0) is 12.1 Å². The topological polar surface area (TPSA) is 41.1 Å². The third-order valence-electron chi connectivity index (χ3n) is 3.06. The van der Waals surface area contributed by atoms with Crippen LogP contribution in [0.5, 0.6) is 0 Å². The molecule has 2 aromatic heterocycles. The predicted octanol–water partition coefficient (Wildman–Crippen LogP) is 2.45. The Balaban J connectivity index is 0.000001000. The first-order valence-corrected chi connectivity index (χ1v) is 7.08. The smallest absolute Gasteiger partial charge is 0.125 e. The van der Waals surface area contributed by atoms with Crippen molar-refractivity contribution in [2.45, 2.75) is 6.54 Å². The maximum absolute atomic E-state index is 4.69. The van der Waals surface area contributed by atoms with Crippen LogP contribution in [0.2, 0.25) is 0 Å². The van der Waals surface area contributed by atoms with Gasteiger partial charge in [0.05, 0.1) is 5.69 Å². The minimum atomic E-state index is 0. The molecule has 2 aromatic rings. The highest BCUT2D eigenvalue weighted by Crippen LogP contribution is 2.23. The molecule has 0 aliphatic carbocycles. The van der Waals surface area contributed by atoms with Crippen molar-refractivity contribution in [1.29, 1.82) is 0 Å². The van der Waals surface area contributed by atoms with Gasteiger partial charge in [-0.2, -0.15) is 0 Å². The molecule has 20 heavy (non-hydrogen) atoms. The predicted molar refractivity (Wildman–Crippen MR) is 88.0 cm³/mol. The molecule has 0 aromatic carbocycles. The van der Waals surface area contributed by atoms with Crippen molar-refractivity contribution >= 4 is 36.2 Å². The van der Waals surface area contributed by atoms with Crippen molar-refractivity contribution in [3.8, 4) is 10.6 Å². The summed E-state index contributed by atoms with van der Waals surface area (Å²) < 4.78 is 0. The van der Waals surface area contributed by atoms with Crippen LogP contribution in [0.4, 0.5) is 0 Å². The lowest BCUT2D eigenvalue weighted by molar-refractivity contribution is 0.231. The SMILES string of the molecule is Cl.Cl.c1cncc(-c2nc(CN3CCNCC3)cs2)c1. The van der Waals surface area contributed by atoms with Crippen molar-refractivity contribution in [3.05, 3.63) is 35.6 Å². The molecule has 0 unspecified atom stereocenters. The van der Waals surface area contributed by atoms with Crippen molar-refractivity contribution in [2.24, 2.45) is 0 Å². The Bertz CT molecular complexity index is 500. The number of piperazine rings is 1. The van der Waals surface area contributed by atoms with E-state index in [0.717, 1.165) is 43.3 Å².